The van der Waals surface area contributed by atoms with Crippen molar-refractivity contribution in [3.05, 3.63) is 33.9 Å². The minimum absolute atomic E-state index is 0.123. The third-order valence-corrected chi connectivity index (χ3v) is 5.24. The average Bonchev–Trinajstić information content (AvgIpc) is 2.60. The molecule has 5 heteroatoms. The molecule has 1 saturated heterocycles. The van der Waals surface area contributed by atoms with Crippen LogP contribution in [0.1, 0.15) is 46.0 Å². The molecule has 0 bridgehead atoms. The Balaban J connectivity index is 2.15. The molecular formula is C21H31N3O2. The molecule has 0 amide bonds. The Kier molecular flexibility index (Phi) is 7.77. The van der Waals surface area contributed by atoms with Gasteiger partial charge in [0.1, 0.15) is 0 Å². The predicted molar refractivity (Wildman–Crippen MR) is 103 cm³/mol. The molecule has 1 heterocycles. The molecule has 5 nitrogen and oxygen atoms in total. The zero-order valence-corrected chi connectivity index (χ0v) is 16.6. The first kappa shape index (κ1) is 20.6. The fourth-order valence-electron chi connectivity index (χ4n) is 3.82. The minimum Gasteiger partial charge on any atom is -0.379 e. The summed E-state index contributed by atoms with van der Waals surface area (Å²) in [4.78, 5) is 16.8. The van der Waals surface area contributed by atoms with Crippen LogP contribution in [0.15, 0.2) is 6.07 Å². The summed E-state index contributed by atoms with van der Waals surface area (Å²) in [6, 6.07) is 4.38. The number of ether oxygens (including phenoxy) is 1. The predicted octanol–water partition coefficient (Wildman–Crippen LogP) is 2.86. The minimum atomic E-state index is 0.123. The molecule has 0 unspecified atom stereocenters. The number of hydrogen-bond acceptors (Lipinski definition) is 5. The molecule has 0 N–H and O–H groups in total. The van der Waals surface area contributed by atoms with Gasteiger partial charge in [0.05, 0.1) is 19.3 Å². The van der Waals surface area contributed by atoms with Crippen molar-refractivity contribution in [2.24, 2.45) is 0 Å². The number of benzene rings is 1. The lowest BCUT2D eigenvalue weighted by Gasteiger charge is -2.30. The van der Waals surface area contributed by atoms with Crippen LogP contribution in [-0.4, -0.2) is 61.5 Å². The van der Waals surface area contributed by atoms with Gasteiger partial charge in [0.15, 0.2) is 5.78 Å². The second kappa shape index (κ2) is 9.82. The molecule has 0 aromatic heterocycles. The molecule has 0 atom stereocenters. The number of carbonyl (C=O) groups excluding carboxylic acids is 1. The monoisotopic (exact) mass is 357 g/mol. The van der Waals surface area contributed by atoms with Gasteiger partial charge in [-0.3, -0.25) is 14.6 Å². The summed E-state index contributed by atoms with van der Waals surface area (Å²) in [6.45, 7) is 14.8. The number of aryl methyl sites for hydroxylation is 2. The molecule has 142 valence electrons. The lowest BCUT2D eigenvalue weighted by Crippen LogP contribution is -2.41. The summed E-state index contributed by atoms with van der Waals surface area (Å²) in [6.07, 6.45) is 0.520. The Morgan fingerprint density at radius 1 is 1.23 bits per heavy atom. The van der Waals surface area contributed by atoms with Gasteiger partial charge < -0.3 is 4.74 Å². The van der Waals surface area contributed by atoms with Gasteiger partial charge >= 0.3 is 0 Å². The first-order valence-corrected chi connectivity index (χ1v) is 9.44. The third kappa shape index (κ3) is 5.38. The highest BCUT2D eigenvalue weighted by Gasteiger charge is 2.18. The van der Waals surface area contributed by atoms with Gasteiger partial charge in [-0.2, -0.15) is 5.26 Å². The van der Waals surface area contributed by atoms with Crippen molar-refractivity contribution in [3.8, 4) is 6.07 Å². The van der Waals surface area contributed by atoms with E-state index in [0.29, 0.717) is 6.42 Å². The SMILES string of the molecule is CC(=O)c1c(C)cc(C)c(CN(CCC#N)CCN2CCOCC2)c1C. The quantitative estimate of drug-likeness (QED) is 0.670. The van der Waals surface area contributed by atoms with Crippen LogP contribution >= 0.6 is 0 Å². The third-order valence-electron chi connectivity index (χ3n) is 5.24. The molecule has 1 fully saturated rings. The zero-order valence-electron chi connectivity index (χ0n) is 16.6. The number of carbonyl (C=O) groups is 1. The van der Waals surface area contributed by atoms with Crippen LogP contribution in [0.2, 0.25) is 0 Å². The van der Waals surface area contributed by atoms with Crippen molar-refractivity contribution in [3.63, 3.8) is 0 Å². The molecule has 1 aliphatic heterocycles. The van der Waals surface area contributed by atoms with Gasteiger partial charge in [0, 0.05) is 51.3 Å². The Hall–Kier alpha value is -1.74. The van der Waals surface area contributed by atoms with Gasteiger partial charge in [-0.15, -0.1) is 0 Å². The number of Topliss-reactive ketones (excluding diaryl/α,β-unsaturated/α-hetero) is 1. The fraction of sp³-hybridized carbons (Fsp3) is 0.619. The molecule has 0 aliphatic carbocycles. The second-order valence-corrected chi connectivity index (χ2v) is 7.18. The van der Waals surface area contributed by atoms with E-state index in [0.717, 1.165) is 69.2 Å². The standard InChI is InChI=1S/C21H31N3O2/c1-16-14-17(2)21(19(4)25)18(3)20(16)15-24(7-5-6-22)9-8-23-10-12-26-13-11-23/h14H,5,7-13,15H2,1-4H3. The first-order valence-electron chi connectivity index (χ1n) is 9.44. The van der Waals surface area contributed by atoms with Gasteiger partial charge in [-0.05, 0) is 49.9 Å². The number of rotatable bonds is 8. The zero-order chi connectivity index (χ0) is 19.1. The highest BCUT2D eigenvalue weighted by atomic mass is 16.5. The summed E-state index contributed by atoms with van der Waals surface area (Å²) in [7, 11) is 0. The molecule has 1 aliphatic rings. The average molecular weight is 357 g/mol. The highest BCUT2D eigenvalue weighted by Crippen LogP contribution is 2.24. The molecule has 1 aromatic rings. The highest BCUT2D eigenvalue weighted by molar-refractivity contribution is 5.97. The molecule has 0 radical (unpaired) electrons. The Labute approximate surface area is 157 Å². The van der Waals surface area contributed by atoms with E-state index in [2.05, 4.69) is 35.8 Å². The summed E-state index contributed by atoms with van der Waals surface area (Å²) >= 11 is 0. The first-order chi connectivity index (χ1) is 12.4. The van der Waals surface area contributed by atoms with E-state index in [1.807, 2.05) is 6.92 Å². The Morgan fingerprint density at radius 2 is 1.92 bits per heavy atom. The second-order valence-electron chi connectivity index (χ2n) is 7.18. The van der Waals surface area contributed by atoms with Crippen molar-refractivity contribution < 1.29 is 9.53 Å². The van der Waals surface area contributed by atoms with Crippen molar-refractivity contribution in [2.45, 2.75) is 40.7 Å². The summed E-state index contributed by atoms with van der Waals surface area (Å²) in [5.74, 6) is 0.123. The van der Waals surface area contributed by atoms with Crippen molar-refractivity contribution >= 4 is 5.78 Å². The van der Waals surface area contributed by atoms with Crippen LogP contribution in [-0.2, 0) is 11.3 Å². The lowest BCUT2D eigenvalue weighted by atomic mass is 9.91. The maximum atomic E-state index is 12.1. The van der Waals surface area contributed by atoms with Gasteiger partial charge in [-0.25, -0.2) is 0 Å². The summed E-state index contributed by atoms with van der Waals surface area (Å²) in [5, 5.41) is 9.01. The molecule has 1 aromatic carbocycles. The van der Waals surface area contributed by atoms with Crippen molar-refractivity contribution in [2.75, 3.05) is 45.9 Å². The normalized spacial score (nSPS) is 15.2. The van der Waals surface area contributed by atoms with Crippen LogP contribution in [0, 0.1) is 32.1 Å². The molecular weight excluding hydrogens is 326 g/mol. The maximum absolute atomic E-state index is 12.1. The number of nitrogens with zero attached hydrogens (tertiary/aromatic N) is 3. The van der Waals surface area contributed by atoms with E-state index in [4.69, 9.17) is 10.00 Å². The van der Waals surface area contributed by atoms with Gasteiger partial charge in [0.25, 0.3) is 0 Å². The smallest absolute Gasteiger partial charge is 0.160 e. The van der Waals surface area contributed by atoms with E-state index in [-0.39, 0.29) is 5.78 Å². The Morgan fingerprint density at radius 3 is 2.54 bits per heavy atom. The van der Waals surface area contributed by atoms with E-state index < -0.39 is 0 Å². The lowest BCUT2D eigenvalue weighted by molar-refractivity contribution is 0.0330. The van der Waals surface area contributed by atoms with Crippen LogP contribution in [0.4, 0.5) is 0 Å². The number of nitriles is 1. The fourth-order valence-corrected chi connectivity index (χ4v) is 3.82. The molecule has 26 heavy (non-hydrogen) atoms. The van der Waals surface area contributed by atoms with Gasteiger partial charge in [0.2, 0.25) is 0 Å². The largest absolute Gasteiger partial charge is 0.379 e. The van der Waals surface area contributed by atoms with Crippen LogP contribution < -0.4 is 0 Å². The maximum Gasteiger partial charge on any atom is 0.160 e. The number of hydrogen-bond donors (Lipinski definition) is 0. The van der Waals surface area contributed by atoms with Gasteiger partial charge in [-0.1, -0.05) is 6.07 Å². The van der Waals surface area contributed by atoms with E-state index >= 15 is 0 Å². The van der Waals surface area contributed by atoms with Crippen LogP contribution in [0.25, 0.3) is 0 Å². The van der Waals surface area contributed by atoms with Crippen molar-refractivity contribution in [1.29, 1.82) is 5.26 Å². The number of ketones is 1. The van der Waals surface area contributed by atoms with E-state index in [9.17, 15) is 4.79 Å². The number of morpholine rings is 1. The van der Waals surface area contributed by atoms with Crippen LogP contribution in [0.3, 0.4) is 0 Å². The van der Waals surface area contributed by atoms with E-state index in [1.165, 1.54) is 11.1 Å². The van der Waals surface area contributed by atoms with Crippen molar-refractivity contribution in [1.82, 2.24) is 9.80 Å². The summed E-state index contributed by atoms with van der Waals surface area (Å²) in [5.41, 5.74) is 5.43. The Bertz CT molecular complexity index is 673. The molecule has 2 rings (SSSR count). The van der Waals surface area contributed by atoms with Crippen LogP contribution in [0.5, 0.6) is 0 Å². The van der Waals surface area contributed by atoms with E-state index in [1.54, 1.807) is 6.92 Å². The topological polar surface area (TPSA) is 56.6 Å². The summed E-state index contributed by atoms with van der Waals surface area (Å²) < 4.78 is 5.42. The molecule has 0 spiro atoms. The molecule has 0 saturated carbocycles.